The molecule has 56 heavy (non-hydrogen) atoms. The van der Waals surface area contributed by atoms with Crippen molar-refractivity contribution < 1.29 is 4.42 Å². The molecule has 3 heterocycles. The fourth-order valence-corrected chi connectivity index (χ4v) is 8.87. The van der Waals surface area contributed by atoms with Gasteiger partial charge in [-0.15, -0.1) is 0 Å². The molecule has 0 amide bonds. The molecular weight excluding hydrogens is 683 g/mol. The standard InChI is InChI=1S/C52H31N3O/c1-2-14-32(15-3-1)52-53-48(34-28-29-41-39-20-5-4-18-37(39)38-19-6-7-21-40(38)45(41)31-34)51-49(54-52)44-25-13-24-36(50(44)56-51)33-16-12-17-35(30-33)55-46-26-10-8-22-42(46)43-23-9-11-27-47(43)55/h1-31H. The number of nitrogens with zero attached hydrogens (tertiary/aromatic N) is 3. The van der Waals surface area contributed by atoms with Gasteiger partial charge in [0.25, 0.3) is 0 Å². The summed E-state index contributed by atoms with van der Waals surface area (Å²) in [6.07, 6.45) is 0. The molecule has 0 spiro atoms. The van der Waals surface area contributed by atoms with Crippen molar-refractivity contribution in [3.63, 3.8) is 0 Å². The first-order chi connectivity index (χ1) is 27.8. The largest absolute Gasteiger partial charge is 0.451 e. The van der Waals surface area contributed by atoms with Crippen LogP contribution in [-0.4, -0.2) is 14.5 Å². The van der Waals surface area contributed by atoms with E-state index in [0.29, 0.717) is 11.4 Å². The van der Waals surface area contributed by atoms with E-state index in [2.05, 4.69) is 174 Å². The Kier molecular flexibility index (Phi) is 6.60. The van der Waals surface area contributed by atoms with Gasteiger partial charge >= 0.3 is 0 Å². The number of aromatic nitrogens is 3. The molecule has 0 bridgehead atoms. The Hall–Kier alpha value is -7.56. The molecule has 9 aromatic carbocycles. The van der Waals surface area contributed by atoms with Crippen molar-refractivity contribution in [2.24, 2.45) is 0 Å². The summed E-state index contributed by atoms with van der Waals surface area (Å²) >= 11 is 0. The molecule has 0 atom stereocenters. The minimum atomic E-state index is 0.665. The third kappa shape index (κ3) is 4.53. The number of benzene rings is 9. The second-order valence-electron chi connectivity index (χ2n) is 14.5. The molecule has 0 saturated carbocycles. The van der Waals surface area contributed by atoms with Gasteiger partial charge in [-0.2, -0.15) is 0 Å². The van der Waals surface area contributed by atoms with E-state index in [4.69, 9.17) is 14.4 Å². The monoisotopic (exact) mass is 713 g/mol. The molecule has 0 radical (unpaired) electrons. The van der Waals surface area contributed by atoms with Gasteiger partial charge in [0.1, 0.15) is 16.8 Å². The van der Waals surface area contributed by atoms with Crippen LogP contribution in [0, 0.1) is 0 Å². The predicted octanol–water partition coefficient (Wildman–Crippen LogP) is 13.9. The fraction of sp³-hybridized carbons (Fsp3) is 0. The number of fused-ring (bicyclic) bond motifs is 12. The van der Waals surface area contributed by atoms with Gasteiger partial charge in [-0.3, -0.25) is 0 Å². The molecule has 0 aliphatic heterocycles. The molecule has 0 saturated heterocycles. The summed E-state index contributed by atoms with van der Waals surface area (Å²) in [4.78, 5) is 10.5. The van der Waals surface area contributed by atoms with Crippen molar-refractivity contribution in [1.82, 2.24) is 14.5 Å². The third-order valence-electron chi connectivity index (χ3n) is 11.4. The molecular formula is C52H31N3O. The molecule has 4 heteroatoms. The lowest BCUT2D eigenvalue weighted by Crippen LogP contribution is -1.94. The lowest BCUT2D eigenvalue weighted by Gasteiger charge is -2.12. The number of furan rings is 1. The Morgan fingerprint density at radius 2 is 0.911 bits per heavy atom. The zero-order valence-corrected chi connectivity index (χ0v) is 30.1. The Labute approximate surface area is 321 Å². The Balaban J connectivity index is 1.10. The molecule has 0 N–H and O–H groups in total. The quantitative estimate of drug-likeness (QED) is 0.171. The number of rotatable bonds is 4. The smallest absolute Gasteiger partial charge is 0.180 e. The zero-order chi connectivity index (χ0) is 36.7. The van der Waals surface area contributed by atoms with Crippen LogP contribution in [0.5, 0.6) is 0 Å². The van der Waals surface area contributed by atoms with E-state index in [1.165, 1.54) is 54.1 Å². The van der Waals surface area contributed by atoms with Gasteiger partial charge in [-0.05, 0) is 74.3 Å². The summed E-state index contributed by atoms with van der Waals surface area (Å²) in [5.74, 6) is 0.665. The van der Waals surface area contributed by atoms with Gasteiger partial charge in [0.05, 0.1) is 11.0 Å². The molecule has 0 unspecified atom stereocenters. The highest BCUT2D eigenvalue weighted by Gasteiger charge is 2.22. The molecule has 0 aliphatic rings. The highest BCUT2D eigenvalue weighted by molar-refractivity contribution is 6.26. The second kappa shape index (κ2) is 12.0. The topological polar surface area (TPSA) is 43.9 Å². The summed E-state index contributed by atoms with van der Waals surface area (Å²) < 4.78 is 9.38. The molecule has 12 rings (SSSR count). The lowest BCUT2D eigenvalue weighted by atomic mass is 9.93. The minimum Gasteiger partial charge on any atom is -0.451 e. The summed E-state index contributed by atoms with van der Waals surface area (Å²) in [6, 6.07) is 66.7. The van der Waals surface area contributed by atoms with Crippen molar-refractivity contribution in [2.45, 2.75) is 0 Å². The maximum atomic E-state index is 7.02. The number of hydrogen-bond acceptors (Lipinski definition) is 3. The average molecular weight is 714 g/mol. The van der Waals surface area contributed by atoms with Crippen LogP contribution in [0.2, 0.25) is 0 Å². The fourth-order valence-electron chi connectivity index (χ4n) is 8.87. The van der Waals surface area contributed by atoms with Crippen molar-refractivity contribution in [2.75, 3.05) is 0 Å². The summed E-state index contributed by atoms with van der Waals surface area (Å²) in [7, 11) is 0. The molecule has 0 fully saturated rings. The van der Waals surface area contributed by atoms with Crippen molar-refractivity contribution in [3.05, 3.63) is 188 Å². The predicted molar refractivity (Wildman–Crippen MR) is 232 cm³/mol. The summed E-state index contributed by atoms with van der Waals surface area (Å²) in [6.45, 7) is 0. The first-order valence-corrected chi connectivity index (χ1v) is 19.0. The number of para-hydroxylation sites is 3. The van der Waals surface area contributed by atoms with Gasteiger partial charge in [0, 0.05) is 38.5 Å². The molecule has 4 nitrogen and oxygen atoms in total. The molecule has 3 aromatic heterocycles. The lowest BCUT2D eigenvalue weighted by molar-refractivity contribution is 0.668. The zero-order valence-electron chi connectivity index (χ0n) is 30.1. The SMILES string of the molecule is c1ccc(-c2nc(-c3ccc4c5ccccc5c5ccccc5c4c3)c3oc4c(-c5cccc(-n6c7ccccc7c7ccccc76)c5)cccc4c3n2)cc1. The van der Waals surface area contributed by atoms with Gasteiger partial charge in [0.15, 0.2) is 11.4 Å². The normalized spacial score (nSPS) is 11.9. The maximum Gasteiger partial charge on any atom is 0.180 e. The van der Waals surface area contributed by atoms with Crippen LogP contribution in [0.15, 0.2) is 192 Å². The van der Waals surface area contributed by atoms with Crippen LogP contribution < -0.4 is 0 Å². The molecule has 260 valence electrons. The van der Waals surface area contributed by atoms with E-state index in [9.17, 15) is 0 Å². The van der Waals surface area contributed by atoms with Gasteiger partial charge in [0.2, 0.25) is 0 Å². The van der Waals surface area contributed by atoms with Crippen molar-refractivity contribution in [3.8, 4) is 39.5 Å². The van der Waals surface area contributed by atoms with Crippen molar-refractivity contribution in [1.29, 1.82) is 0 Å². The van der Waals surface area contributed by atoms with Crippen LogP contribution in [0.25, 0.3) is 116 Å². The van der Waals surface area contributed by atoms with Crippen LogP contribution in [0.3, 0.4) is 0 Å². The Bertz CT molecular complexity index is 3450. The van der Waals surface area contributed by atoms with E-state index in [0.717, 1.165) is 50.1 Å². The molecule has 12 aromatic rings. The third-order valence-corrected chi connectivity index (χ3v) is 11.4. The average Bonchev–Trinajstić information content (AvgIpc) is 3.82. The number of hydrogen-bond donors (Lipinski definition) is 0. The van der Waals surface area contributed by atoms with Gasteiger partial charge < -0.3 is 8.98 Å². The van der Waals surface area contributed by atoms with E-state index >= 15 is 0 Å². The second-order valence-corrected chi connectivity index (χ2v) is 14.5. The maximum absolute atomic E-state index is 7.02. The van der Waals surface area contributed by atoms with Crippen LogP contribution in [-0.2, 0) is 0 Å². The first kappa shape index (κ1) is 30.9. The molecule has 0 aliphatic carbocycles. The van der Waals surface area contributed by atoms with Crippen LogP contribution >= 0.6 is 0 Å². The van der Waals surface area contributed by atoms with E-state index in [1.54, 1.807) is 0 Å². The minimum absolute atomic E-state index is 0.665. The Morgan fingerprint density at radius 1 is 0.357 bits per heavy atom. The van der Waals surface area contributed by atoms with Gasteiger partial charge in [-0.25, -0.2) is 9.97 Å². The Morgan fingerprint density at radius 3 is 1.61 bits per heavy atom. The highest BCUT2D eigenvalue weighted by Crippen LogP contribution is 2.42. The highest BCUT2D eigenvalue weighted by atomic mass is 16.3. The van der Waals surface area contributed by atoms with Crippen LogP contribution in [0.1, 0.15) is 0 Å². The van der Waals surface area contributed by atoms with Gasteiger partial charge in [-0.1, -0.05) is 152 Å². The first-order valence-electron chi connectivity index (χ1n) is 19.0. The van der Waals surface area contributed by atoms with E-state index < -0.39 is 0 Å². The van der Waals surface area contributed by atoms with Crippen molar-refractivity contribution >= 4 is 76.2 Å². The summed E-state index contributed by atoms with van der Waals surface area (Å²) in [5, 5.41) is 10.8. The van der Waals surface area contributed by atoms with E-state index in [1.807, 2.05) is 18.2 Å². The van der Waals surface area contributed by atoms with E-state index in [-0.39, 0.29) is 0 Å². The summed E-state index contributed by atoms with van der Waals surface area (Å²) in [5.41, 5.74) is 10.5. The van der Waals surface area contributed by atoms with Crippen LogP contribution in [0.4, 0.5) is 0 Å².